The van der Waals surface area contributed by atoms with E-state index in [9.17, 15) is 4.39 Å². The number of pyridine rings is 1. The monoisotopic (exact) mass is 234 g/mol. The lowest BCUT2D eigenvalue weighted by Crippen LogP contribution is -2.08. The van der Waals surface area contributed by atoms with Crippen LogP contribution in [0.5, 0.6) is 5.75 Å². The highest BCUT2D eigenvalue weighted by molar-refractivity contribution is 5.85. The zero-order valence-electron chi connectivity index (χ0n) is 9.90. The van der Waals surface area contributed by atoms with Crippen molar-refractivity contribution in [2.45, 2.75) is 26.5 Å². The summed E-state index contributed by atoms with van der Waals surface area (Å²) >= 11 is 0. The summed E-state index contributed by atoms with van der Waals surface area (Å²) in [4.78, 5) is 4.18. The summed E-state index contributed by atoms with van der Waals surface area (Å²) in [6.07, 6.45) is 0.0227. The maximum atomic E-state index is 13.7. The fourth-order valence-electron chi connectivity index (χ4n) is 1.69. The van der Waals surface area contributed by atoms with Crippen molar-refractivity contribution in [1.29, 1.82) is 0 Å². The van der Waals surface area contributed by atoms with E-state index in [0.29, 0.717) is 22.3 Å². The predicted molar refractivity (Wildman–Crippen MR) is 65.4 cm³/mol. The molecule has 0 radical (unpaired) electrons. The van der Waals surface area contributed by atoms with Crippen molar-refractivity contribution < 1.29 is 9.13 Å². The van der Waals surface area contributed by atoms with Crippen LogP contribution in [0, 0.1) is 5.82 Å². The molecule has 1 aromatic heterocycles. The fourth-order valence-corrected chi connectivity index (χ4v) is 1.69. The molecule has 0 bridgehead atoms. The molecule has 3 nitrogen and oxygen atoms in total. The Balaban J connectivity index is 2.67. The smallest absolute Gasteiger partial charge is 0.149 e. The number of nitrogens with two attached hydrogens (primary N) is 1. The highest BCUT2D eigenvalue weighted by Gasteiger charge is 2.10. The van der Waals surface area contributed by atoms with Gasteiger partial charge in [-0.05, 0) is 26.0 Å². The molecule has 4 heteroatoms. The number of fused-ring (bicyclic) bond motifs is 1. The second kappa shape index (κ2) is 4.67. The fraction of sp³-hybridized carbons (Fsp3) is 0.308. The lowest BCUT2D eigenvalue weighted by molar-refractivity contribution is 0.245. The Morgan fingerprint density at radius 3 is 2.82 bits per heavy atom. The number of nitrogens with zero attached hydrogens (tertiary/aromatic N) is 1. The first-order chi connectivity index (χ1) is 8.11. The van der Waals surface area contributed by atoms with Crippen LogP contribution >= 0.6 is 0 Å². The molecule has 0 spiro atoms. The molecule has 0 saturated carbocycles. The van der Waals surface area contributed by atoms with Crippen molar-refractivity contribution in [2.75, 3.05) is 0 Å². The quantitative estimate of drug-likeness (QED) is 0.888. The van der Waals surface area contributed by atoms with E-state index in [1.807, 2.05) is 13.8 Å². The zero-order chi connectivity index (χ0) is 12.4. The normalized spacial score (nSPS) is 11.1. The number of hydrogen-bond acceptors (Lipinski definition) is 3. The zero-order valence-corrected chi connectivity index (χ0v) is 9.90. The molecule has 2 N–H and O–H groups in total. The molecule has 0 saturated heterocycles. The third kappa shape index (κ3) is 2.36. The first kappa shape index (κ1) is 11.8. The minimum Gasteiger partial charge on any atom is -0.490 e. The van der Waals surface area contributed by atoms with Crippen LogP contribution in [0.25, 0.3) is 10.9 Å². The molecule has 0 aliphatic heterocycles. The van der Waals surface area contributed by atoms with Gasteiger partial charge in [0.25, 0.3) is 0 Å². The van der Waals surface area contributed by atoms with Gasteiger partial charge in [-0.15, -0.1) is 0 Å². The van der Waals surface area contributed by atoms with Gasteiger partial charge in [0.05, 0.1) is 11.8 Å². The third-order valence-electron chi connectivity index (χ3n) is 2.38. The second-order valence-corrected chi connectivity index (χ2v) is 4.12. The molecule has 0 atom stereocenters. The Bertz CT molecular complexity index is 540. The molecule has 2 rings (SSSR count). The summed E-state index contributed by atoms with van der Waals surface area (Å²) in [5.74, 6) is 0.274. The van der Waals surface area contributed by atoms with Gasteiger partial charge in [-0.2, -0.15) is 0 Å². The molecule has 0 aliphatic carbocycles. The van der Waals surface area contributed by atoms with Crippen LogP contribution in [0.4, 0.5) is 4.39 Å². The minimum absolute atomic E-state index is 0.0227. The van der Waals surface area contributed by atoms with Crippen molar-refractivity contribution in [3.8, 4) is 5.75 Å². The molecule has 1 heterocycles. The van der Waals surface area contributed by atoms with Gasteiger partial charge >= 0.3 is 0 Å². The van der Waals surface area contributed by atoms with E-state index in [0.717, 1.165) is 0 Å². The Kier molecular flexibility index (Phi) is 3.24. The third-order valence-corrected chi connectivity index (χ3v) is 2.38. The van der Waals surface area contributed by atoms with Crippen LogP contribution in [0.3, 0.4) is 0 Å². The standard InChI is InChI=1S/C13H15FN2O/c1-8(2)17-12-6-9(7-15)16-13-10(12)4-3-5-11(13)14/h3-6,8H,7,15H2,1-2H3. The van der Waals surface area contributed by atoms with E-state index in [4.69, 9.17) is 10.5 Å². The molecule has 0 fully saturated rings. The summed E-state index contributed by atoms with van der Waals surface area (Å²) in [5.41, 5.74) is 6.48. The largest absolute Gasteiger partial charge is 0.490 e. The van der Waals surface area contributed by atoms with Crippen LogP contribution in [0.2, 0.25) is 0 Å². The summed E-state index contributed by atoms with van der Waals surface area (Å²) < 4.78 is 19.3. The van der Waals surface area contributed by atoms with Crippen LogP contribution in [-0.2, 0) is 6.54 Å². The average molecular weight is 234 g/mol. The Labute approximate surface area is 99.4 Å². The van der Waals surface area contributed by atoms with Crippen molar-refractivity contribution in [3.05, 3.63) is 35.8 Å². The SMILES string of the molecule is CC(C)Oc1cc(CN)nc2c(F)cccc12. The van der Waals surface area contributed by atoms with Gasteiger partial charge in [-0.1, -0.05) is 6.07 Å². The first-order valence-electron chi connectivity index (χ1n) is 5.56. The molecule has 2 aromatic rings. The van der Waals surface area contributed by atoms with E-state index in [-0.39, 0.29) is 18.5 Å². The molecular weight excluding hydrogens is 219 g/mol. The van der Waals surface area contributed by atoms with E-state index >= 15 is 0 Å². The van der Waals surface area contributed by atoms with Crippen molar-refractivity contribution >= 4 is 10.9 Å². The van der Waals surface area contributed by atoms with Crippen molar-refractivity contribution in [3.63, 3.8) is 0 Å². The van der Waals surface area contributed by atoms with Gasteiger partial charge in [0, 0.05) is 18.0 Å². The van der Waals surface area contributed by atoms with Crippen molar-refractivity contribution in [1.82, 2.24) is 4.98 Å². The molecule has 90 valence electrons. The van der Waals surface area contributed by atoms with Crippen LogP contribution < -0.4 is 10.5 Å². The maximum Gasteiger partial charge on any atom is 0.149 e. The number of aromatic nitrogens is 1. The van der Waals surface area contributed by atoms with Gasteiger partial charge in [-0.3, -0.25) is 0 Å². The van der Waals surface area contributed by atoms with Crippen LogP contribution in [0.1, 0.15) is 19.5 Å². The Hall–Kier alpha value is -1.68. The number of ether oxygens (including phenoxy) is 1. The molecule has 0 unspecified atom stereocenters. The topological polar surface area (TPSA) is 48.1 Å². The minimum atomic E-state index is -0.355. The molecule has 17 heavy (non-hydrogen) atoms. The lowest BCUT2D eigenvalue weighted by Gasteiger charge is -2.13. The Morgan fingerprint density at radius 1 is 1.41 bits per heavy atom. The van der Waals surface area contributed by atoms with Crippen LogP contribution in [0.15, 0.2) is 24.3 Å². The molecule has 0 amide bonds. The van der Waals surface area contributed by atoms with Crippen LogP contribution in [-0.4, -0.2) is 11.1 Å². The number of rotatable bonds is 3. The summed E-state index contributed by atoms with van der Waals surface area (Å²) in [7, 11) is 0. The highest BCUT2D eigenvalue weighted by Crippen LogP contribution is 2.27. The lowest BCUT2D eigenvalue weighted by atomic mass is 10.1. The molecule has 1 aromatic carbocycles. The van der Waals surface area contributed by atoms with Crippen molar-refractivity contribution in [2.24, 2.45) is 5.73 Å². The van der Waals surface area contributed by atoms with Gasteiger partial charge < -0.3 is 10.5 Å². The summed E-state index contributed by atoms with van der Waals surface area (Å²) in [5, 5.41) is 0.677. The van der Waals surface area contributed by atoms with Gasteiger partial charge in [0.1, 0.15) is 17.1 Å². The van der Waals surface area contributed by atoms with Gasteiger partial charge in [0.15, 0.2) is 0 Å². The van der Waals surface area contributed by atoms with E-state index in [2.05, 4.69) is 4.98 Å². The first-order valence-corrected chi connectivity index (χ1v) is 5.56. The number of halogens is 1. The predicted octanol–water partition coefficient (Wildman–Crippen LogP) is 2.62. The molecule has 0 aliphatic rings. The summed E-state index contributed by atoms with van der Waals surface area (Å²) in [6.45, 7) is 4.11. The number of para-hydroxylation sites is 1. The van der Waals surface area contributed by atoms with E-state index in [1.54, 1.807) is 18.2 Å². The van der Waals surface area contributed by atoms with Gasteiger partial charge in [0.2, 0.25) is 0 Å². The van der Waals surface area contributed by atoms with Gasteiger partial charge in [-0.25, -0.2) is 9.37 Å². The molecular formula is C13H15FN2O. The van der Waals surface area contributed by atoms with E-state index in [1.165, 1.54) is 6.07 Å². The maximum absolute atomic E-state index is 13.7. The Morgan fingerprint density at radius 2 is 2.18 bits per heavy atom. The second-order valence-electron chi connectivity index (χ2n) is 4.12. The number of benzene rings is 1. The van der Waals surface area contributed by atoms with E-state index < -0.39 is 0 Å². The number of hydrogen-bond donors (Lipinski definition) is 1. The highest BCUT2D eigenvalue weighted by atomic mass is 19.1. The summed E-state index contributed by atoms with van der Waals surface area (Å²) in [6, 6.07) is 6.59. The average Bonchev–Trinajstić information content (AvgIpc) is 2.29.